The molecule has 0 aromatic heterocycles. The fraction of sp³-hybridized carbons (Fsp3) is 0.417. The average Bonchev–Trinajstić information content (AvgIpc) is 2.89. The molecule has 2 rings (SSSR count). The first-order chi connectivity index (χ1) is 7.07. The molecule has 0 aliphatic heterocycles. The lowest BCUT2D eigenvalue weighted by atomic mass is 9.90. The smallest absolute Gasteiger partial charge is 0.321 e. The maximum atomic E-state index is 11.2. The zero-order valence-corrected chi connectivity index (χ0v) is 10.1. The summed E-state index contributed by atoms with van der Waals surface area (Å²) < 4.78 is -0.754. The molecule has 80 valence electrons. The molecule has 0 radical (unpaired) electrons. The standard InChI is InChI=1S/C12H13BrO2/c1-2-11(8-12(11,13)10(14)15)9-6-4-3-5-7-9/h3-7H,2,8H2,1H3,(H,14,15)/t11-,12-/m1/s1. The normalized spacial score (nSPS) is 33.7. The van der Waals surface area contributed by atoms with E-state index in [1.54, 1.807) is 0 Å². The number of alkyl halides is 1. The fourth-order valence-corrected chi connectivity index (χ4v) is 3.34. The third-order valence-electron chi connectivity index (χ3n) is 3.45. The molecule has 0 heterocycles. The van der Waals surface area contributed by atoms with Crippen LogP contribution in [-0.4, -0.2) is 15.4 Å². The Morgan fingerprint density at radius 2 is 2.07 bits per heavy atom. The van der Waals surface area contributed by atoms with Crippen molar-refractivity contribution in [1.29, 1.82) is 0 Å². The molecule has 1 N–H and O–H groups in total. The van der Waals surface area contributed by atoms with Gasteiger partial charge in [-0.15, -0.1) is 0 Å². The van der Waals surface area contributed by atoms with Crippen molar-refractivity contribution in [3.05, 3.63) is 35.9 Å². The van der Waals surface area contributed by atoms with Crippen molar-refractivity contribution in [3.8, 4) is 0 Å². The monoisotopic (exact) mass is 268 g/mol. The highest BCUT2D eigenvalue weighted by Gasteiger charge is 2.70. The summed E-state index contributed by atoms with van der Waals surface area (Å²) in [5, 5.41) is 9.19. The van der Waals surface area contributed by atoms with E-state index in [1.807, 2.05) is 37.3 Å². The predicted molar refractivity (Wildman–Crippen MR) is 62.3 cm³/mol. The topological polar surface area (TPSA) is 37.3 Å². The van der Waals surface area contributed by atoms with Crippen LogP contribution in [0.4, 0.5) is 0 Å². The number of benzene rings is 1. The van der Waals surface area contributed by atoms with E-state index in [2.05, 4.69) is 15.9 Å². The summed E-state index contributed by atoms with van der Waals surface area (Å²) in [6.07, 6.45) is 1.52. The molecule has 1 saturated carbocycles. The molecule has 0 saturated heterocycles. The van der Waals surface area contributed by atoms with Crippen LogP contribution in [0.3, 0.4) is 0 Å². The maximum Gasteiger partial charge on any atom is 0.321 e. The minimum atomic E-state index is -0.756. The van der Waals surface area contributed by atoms with E-state index in [1.165, 1.54) is 0 Å². The molecule has 1 fully saturated rings. The summed E-state index contributed by atoms with van der Waals surface area (Å²) in [4.78, 5) is 11.2. The van der Waals surface area contributed by atoms with Crippen LogP contribution >= 0.6 is 15.9 Å². The van der Waals surface area contributed by atoms with Crippen LogP contribution in [0.1, 0.15) is 25.3 Å². The molecule has 1 aromatic rings. The van der Waals surface area contributed by atoms with Crippen molar-refractivity contribution >= 4 is 21.9 Å². The molecule has 0 unspecified atom stereocenters. The SMILES string of the molecule is CC[C@]1(c2ccccc2)C[C@@]1(Br)C(=O)O. The van der Waals surface area contributed by atoms with E-state index >= 15 is 0 Å². The van der Waals surface area contributed by atoms with E-state index in [0.717, 1.165) is 12.0 Å². The second-order valence-electron chi connectivity index (χ2n) is 4.08. The number of carboxylic acid groups (broad SMARTS) is 1. The lowest BCUT2D eigenvalue weighted by molar-refractivity contribution is -0.137. The zero-order valence-electron chi connectivity index (χ0n) is 8.53. The molecule has 0 spiro atoms. The van der Waals surface area contributed by atoms with Gasteiger partial charge in [0, 0.05) is 5.41 Å². The van der Waals surface area contributed by atoms with Crippen molar-refractivity contribution in [2.75, 3.05) is 0 Å². The molecule has 2 atom stereocenters. The lowest BCUT2D eigenvalue weighted by Gasteiger charge is -2.17. The molecule has 0 amide bonds. The summed E-state index contributed by atoms with van der Waals surface area (Å²) in [5.41, 5.74) is 0.895. The minimum absolute atomic E-state index is 0.222. The molecular formula is C12H13BrO2. The number of carbonyl (C=O) groups is 1. The Bertz CT molecular complexity index is 390. The highest BCUT2D eigenvalue weighted by molar-refractivity contribution is 9.10. The minimum Gasteiger partial charge on any atom is -0.480 e. The summed E-state index contributed by atoms with van der Waals surface area (Å²) in [6.45, 7) is 2.04. The zero-order chi connectivity index (χ0) is 11.1. The van der Waals surface area contributed by atoms with Crippen LogP contribution in [0, 0.1) is 0 Å². The second kappa shape index (κ2) is 3.34. The Balaban J connectivity index is 2.40. The highest BCUT2D eigenvalue weighted by Crippen LogP contribution is 2.65. The molecule has 1 aromatic carbocycles. The molecule has 3 heteroatoms. The van der Waals surface area contributed by atoms with Gasteiger partial charge in [-0.2, -0.15) is 0 Å². The molecule has 15 heavy (non-hydrogen) atoms. The molecule has 0 bridgehead atoms. The van der Waals surface area contributed by atoms with Crippen LogP contribution in [-0.2, 0) is 10.2 Å². The molecule has 1 aliphatic rings. The van der Waals surface area contributed by atoms with Gasteiger partial charge in [-0.1, -0.05) is 53.2 Å². The van der Waals surface area contributed by atoms with Gasteiger partial charge in [-0.25, -0.2) is 0 Å². The Labute approximate surface area is 97.4 Å². The number of halogens is 1. The van der Waals surface area contributed by atoms with Gasteiger partial charge in [0.05, 0.1) is 0 Å². The van der Waals surface area contributed by atoms with Gasteiger partial charge in [-0.3, -0.25) is 4.79 Å². The van der Waals surface area contributed by atoms with Gasteiger partial charge >= 0.3 is 5.97 Å². The van der Waals surface area contributed by atoms with Gasteiger partial charge in [-0.05, 0) is 18.4 Å². The first kappa shape index (κ1) is 10.7. The van der Waals surface area contributed by atoms with Crippen molar-refractivity contribution in [3.63, 3.8) is 0 Å². The second-order valence-corrected chi connectivity index (χ2v) is 5.44. The first-order valence-electron chi connectivity index (χ1n) is 5.05. The van der Waals surface area contributed by atoms with Crippen LogP contribution in [0.5, 0.6) is 0 Å². The van der Waals surface area contributed by atoms with Crippen molar-refractivity contribution in [2.45, 2.75) is 29.5 Å². The Kier molecular flexibility index (Phi) is 2.38. The van der Waals surface area contributed by atoms with Crippen LogP contribution < -0.4 is 0 Å². The number of hydrogen-bond acceptors (Lipinski definition) is 1. The first-order valence-corrected chi connectivity index (χ1v) is 5.84. The van der Waals surface area contributed by atoms with E-state index in [9.17, 15) is 9.90 Å². The third kappa shape index (κ3) is 1.33. The van der Waals surface area contributed by atoms with Gasteiger partial charge < -0.3 is 5.11 Å². The fourth-order valence-electron chi connectivity index (χ4n) is 2.35. The summed E-state index contributed by atoms with van der Waals surface area (Å²) in [7, 11) is 0. The third-order valence-corrected chi connectivity index (χ3v) is 4.83. The number of rotatable bonds is 3. The number of carboxylic acids is 1. The van der Waals surface area contributed by atoms with Crippen molar-refractivity contribution in [2.24, 2.45) is 0 Å². The number of aliphatic carboxylic acids is 1. The van der Waals surface area contributed by atoms with Crippen LogP contribution in [0.2, 0.25) is 0 Å². The largest absolute Gasteiger partial charge is 0.480 e. The molecular weight excluding hydrogens is 256 g/mol. The van der Waals surface area contributed by atoms with Crippen LogP contribution in [0.15, 0.2) is 30.3 Å². The van der Waals surface area contributed by atoms with E-state index in [-0.39, 0.29) is 5.41 Å². The van der Waals surface area contributed by atoms with Gasteiger partial charge in [0.1, 0.15) is 4.32 Å². The van der Waals surface area contributed by atoms with Crippen LogP contribution in [0.25, 0.3) is 0 Å². The molecule has 2 nitrogen and oxygen atoms in total. The lowest BCUT2D eigenvalue weighted by Crippen LogP contribution is -2.26. The van der Waals surface area contributed by atoms with Gasteiger partial charge in [0.2, 0.25) is 0 Å². The Morgan fingerprint density at radius 1 is 1.47 bits per heavy atom. The summed E-state index contributed by atoms with van der Waals surface area (Å²) in [5.74, 6) is -0.756. The summed E-state index contributed by atoms with van der Waals surface area (Å²) in [6, 6.07) is 9.89. The van der Waals surface area contributed by atoms with E-state index < -0.39 is 10.3 Å². The van der Waals surface area contributed by atoms with E-state index in [0.29, 0.717) is 6.42 Å². The molecule has 1 aliphatic carbocycles. The predicted octanol–water partition coefficient (Wildman–Crippen LogP) is 2.96. The maximum absolute atomic E-state index is 11.2. The Hall–Kier alpha value is -0.830. The van der Waals surface area contributed by atoms with Crippen molar-refractivity contribution < 1.29 is 9.90 Å². The Morgan fingerprint density at radius 3 is 2.47 bits per heavy atom. The van der Waals surface area contributed by atoms with Crippen molar-refractivity contribution in [1.82, 2.24) is 0 Å². The highest BCUT2D eigenvalue weighted by atomic mass is 79.9. The quantitative estimate of drug-likeness (QED) is 0.856. The summed E-state index contributed by atoms with van der Waals surface area (Å²) >= 11 is 3.37. The average molecular weight is 269 g/mol. The van der Waals surface area contributed by atoms with E-state index in [4.69, 9.17) is 0 Å². The number of hydrogen-bond donors (Lipinski definition) is 1. The van der Waals surface area contributed by atoms with Gasteiger partial charge in [0.15, 0.2) is 0 Å². The van der Waals surface area contributed by atoms with Gasteiger partial charge in [0.25, 0.3) is 0 Å².